The third kappa shape index (κ3) is 3.80. The first kappa shape index (κ1) is 19.3. The van der Waals surface area contributed by atoms with Crippen molar-refractivity contribution in [3.8, 4) is 0 Å². The molecule has 1 saturated heterocycles. The van der Waals surface area contributed by atoms with Gasteiger partial charge in [-0.05, 0) is 12.5 Å². The average Bonchev–Trinajstić information content (AvgIpc) is 2.62. The van der Waals surface area contributed by atoms with Gasteiger partial charge in [0.25, 0.3) is 11.5 Å². The van der Waals surface area contributed by atoms with Gasteiger partial charge in [-0.2, -0.15) is 5.10 Å². The van der Waals surface area contributed by atoms with Gasteiger partial charge < -0.3 is 9.80 Å². The fraction of sp³-hybridized carbons (Fsp3) is 0.389. The molecule has 0 radical (unpaired) electrons. The molecular weight excluding hydrogens is 378 g/mol. The number of amides is 1. The lowest BCUT2D eigenvalue weighted by Gasteiger charge is -2.39. The number of nitrogens with zero attached hydrogens (tertiary/aromatic N) is 3. The fourth-order valence-electron chi connectivity index (χ4n) is 3.33. The minimum Gasteiger partial charge on any atom is -0.358 e. The van der Waals surface area contributed by atoms with Crippen molar-refractivity contribution in [2.24, 2.45) is 0 Å². The SMILES string of the molecule is C[C@@H](c1ccccc1C(C)(F)F)N1CCN(c2cn[nH]c(=O)c2Cl)CC1=O. The lowest BCUT2D eigenvalue weighted by atomic mass is 9.96. The molecule has 1 aromatic heterocycles. The first-order valence-electron chi connectivity index (χ1n) is 8.45. The van der Waals surface area contributed by atoms with E-state index in [1.807, 2.05) is 0 Å². The molecule has 1 aromatic carbocycles. The van der Waals surface area contributed by atoms with Crippen LogP contribution in [0.2, 0.25) is 5.02 Å². The van der Waals surface area contributed by atoms with Gasteiger partial charge in [0.05, 0.1) is 24.5 Å². The number of benzene rings is 1. The number of alkyl halides is 2. The molecule has 0 unspecified atom stereocenters. The molecule has 1 atom stereocenters. The summed E-state index contributed by atoms with van der Waals surface area (Å²) in [5.74, 6) is -3.24. The Labute approximate surface area is 159 Å². The number of H-pyrrole nitrogens is 1. The summed E-state index contributed by atoms with van der Waals surface area (Å²) in [5.41, 5.74) is 0.176. The van der Waals surface area contributed by atoms with Gasteiger partial charge in [-0.1, -0.05) is 35.9 Å². The van der Waals surface area contributed by atoms with Crippen molar-refractivity contribution in [2.75, 3.05) is 24.5 Å². The van der Waals surface area contributed by atoms with Gasteiger partial charge in [0, 0.05) is 25.6 Å². The molecule has 1 aliphatic rings. The normalized spacial score (nSPS) is 16.6. The van der Waals surface area contributed by atoms with Crippen LogP contribution in [0.25, 0.3) is 0 Å². The van der Waals surface area contributed by atoms with Crippen LogP contribution in [-0.4, -0.2) is 40.6 Å². The van der Waals surface area contributed by atoms with Crippen molar-refractivity contribution in [1.82, 2.24) is 15.1 Å². The zero-order valence-corrected chi connectivity index (χ0v) is 15.6. The molecule has 2 heterocycles. The van der Waals surface area contributed by atoms with E-state index >= 15 is 0 Å². The van der Waals surface area contributed by atoms with Crippen LogP contribution in [0, 0.1) is 0 Å². The Balaban J connectivity index is 1.83. The number of anilines is 1. The molecule has 1 N–H and O–H groups in total. The molecular formula is C18H19ClF2N4O2. The highest BCUT2D eigenvalue weighted by molar-refractivity contribution is 6.33. The van der Waals surface area contributed by atoms with E-state index in [0.717, 1.165) is 6.92 Å². The quantitative estimate of drug-likeness (QED) is 0.862. The lowest BCUT2D eigenvalue weighted by Crippen LogP contribution is -2.51. The van der Waals surface area contributed by atoms with E-state index in [2.05, 4.69) is 10.2 Å². The molecule has 0 saturated carbocycles. The Kier molecular flexibility index (Phi) is 5.19. The fourth-order valence-corrected chi connectivity index (χ4v) is 3.54. The molecule has 9 heteroatoms. The molecule has 0 aliphatic carbocycles. The van der Waals surface area contributed by atoms with E-state index in [-0.39, 0.29) is 23.0 Å². The summed E-state index contributed by atoms with van der Waals surface area (Å²) in [6, 6.07) is 5.74. The van der Waals surface area contributed by atoms with E-state index in [1.54, 1.807) is 34.9 Å². The predicted octanol–water partition coefficient (Wildman–Crippen LogP) is 2.94. The minimum atomic E-state index is -3.00. The maximum Gasteiger partial charge on any atom is 0.285 e. The Morgan fingerprint density at radius 3 is 2.63 bits per heavy atom. The molecule has 0 spiro atoms. The molecule has 1 aliphatic heterocycles. The van der Waals surface area contributed by atoms with Crippen molar-refractivity contribution in [3.05, 3.63) is 57.0 Å². The summed E-state index contributed by atoms with van der Waals surface area (Å²) in [5, 5.41) is 5.91. The van der Waals surface area contributed by atoms with Gasteiger partial charge in [0.2, 0.25) is 5.91 Å². The van der Waals surface area contributed by atoms with Gasteiger partial charge in [-0.25, -0.2) is 13.9 Å². The van der Waals surface area contributed by atoms with Crippen LogP contribution >= 0.6 is 11.6 Å². The predicted molar refractivity (Wildman–Crippen MR) is 98.2 cm³/mol. The number of nitrogens with one attached hydrogen (secondary N) is 1. The number of aromatic amines is 1. The highest BCUT2D eigenvalue weighted by atomic mass is 35.5. The zero-order valence-electron chi connectivity index (χ0n) is 14.9. The second-order valence-corrected chi connectivity index (χ2v) is 6.94. The molecule has 144 valence electrons. The highest BCUT2D eigenvalue weighted by Crippen LogP contribution is 2.35. The number of halogens is 3. The molecule has 27 heavy (non-hydrogen) atoms. The van der Waals surface area contributed by atoms with Crippen LogP contribution in [0.15, 0.2) is 35.3 Å². The summed E-state index contributed by atoms with van der Waals surface area (Å²) >= 11 is 6.01. The van der Waals surface area contributed by atoms with E-state index in [0.29, 0.717) is 24.3 Å². The Morgan fingerprint density at radius 2 is 1.96 bits per heavy atom. The molecule has 1 amide bonds. The van der Waals surface area contributed by atoms with Gasteiger partial charge in [-0.15, -0.1) is 0 Å². The number of rotatable bonds is 4. The van der Waals surface area contributed by atoms with Crippen LogP contribution < -0.4 is 10.5 Å². The summed E-state index contributed by atoms with van der Waals surface area (Å²) in [7, 11) is 0. The minimum absolute atomic E-state index is 0.0140. The maximum atomic E-state index is 13.9. The van der Waals surface area contributed by atoms with Crippen LogP contribution in [0.4, 0.5) is 14.5 Å². The molecule has 3 rings (SSSR count). The topological polar surface area (TPSA) is 69.3 Å². The number of piperazine rings is 1. The van der Waals surface area contributed by atoms with Gasteiger partial charge in [-0.3, -0.25) is 9.59 Å². The number of aromatic nitrogens is 2. The summed E-state index contributed by atoms with van der Waals surface area (Å²) in [6.07, 6.45) is 1.39. The van der Waals surface area contributed by atoms with Gasteiger partial charge in [0.15, 0.2) is 0 Å². The molecule has 0 bridgehead atoms. The molecule has 2 aromatic rings. The summed E-state index contributed by atoms with van der Waals surface area (Å²) < 4.78 is 27.9. The maximum absolute atomic E-state index is 13.9. The van der Waals surface area contributed by atoms with Crippen molar-refractivity contribution in [2.45, 2.75) is 25.8 Å². The van der Waals surface area contributed by atoms with E-state index < -0.39 is 17.5 Å². The largest absolute Gasteiger partial charge is 0.358 e. The monoisotopic (exact) mass is 396 g/mol. The van der Waals surface area contributed by atoms with Crippen LogP contribution in [0.3, 0.4) is 0 Å². The molecule has 6 nitrogen and oxygen atoms in total. The number of hydrogen-bond acceptors (Lipinski definition) is 4. The lowest BCUT2D eigenvalue weighted by molar-refractivity contribution is -0.133. The van der Waals surface area contributed by atoms with E-state index in [9.17, 15) is 18.4 Å². The Morgan fingerprint density at radius 1 is 1.26 bits per heavy atom. The number of carbonyl (C=O) groups is 1. The van der Waals surface area contributed by atoms with Crippen LogP contribution in [0.5, 0.6) is 0 Å². The first-order valence-corrected chi connectivity index (χ1v) is 8.82. The van der Waals surface area contributed by atoms with Crippen molar-refractivity contribution in [3.63, 3.8) is 0 Å². The zero-order chi connectivity index (χ0) is 19.8. The Hall–Kier alpha value is -2.48. The molecule has 1 fully saturated rings. The standard InChI is InChI=1S/C18H19ClF2N4O2/c1-11(12-5-3-4-6-13(12)18(2,20)21)25-8-7-24(10-15(25)26)14-9-22-23-17(27)16(14)19/h3-6,9,11H,7-8,10H2,1-2H3,(H,23,27)/t11-/m0/s1. The smallest absolute Gasteiger partial charge is 0.285 e. The van der Waals surface area contributed by atoms with Gasteiger partial charge >= 0.3 is 0 Å². The van der Waals surface area contributed by atoms with Crippen LogP contribution in [-0.2, 0) is 10.7 Å². The first-order chi connectivity index (χ1) is 12.7. The van der Waals surface area contributed by atoms with E-state index in [1.165, 1.54) is 12.3 Å². The highest BCUT2D eigenvalue weighted by Gasteiger charge is 2.34. The van der Waals surface area contributed by atoms with E-state index in [4.69, 9.17) is 11.6 Å². The summed E-state index contributed by atoms with van der Waals surface area (Å²) in [6.45, 7) is 3.29. The second-order valence-electron chi connectivity index (χ2n) is 6.56. The second kappa shape index (κ2) is 7.26. The van der Waals surface area contributed by atoms with Crippen LogP contribution in [0.1, 0.15) is 31.0 Å². The third-order valence-electron chi connectivity index (χ3n) is 4.73. The average molecular weight is 397 g/mol. The number of carbonyl (C=O) groups excluding carboxylic acids is 1. The van der Waals surface area contributed by atoms with Crippen molar-refractivity contribution in [1.29, 1.82) is 0 Å². The van der Waals surface area contributed by atoms with Gasteiger partial charge in [0.1, 0.15) is 5.02 Å². The van der Waals surface area contributed by atoms with Crippen molar-refractivity contribution < 1.29 is 13.6 Å². The number of hydrogen-bond donors (Lipinski definition) is 1. The summed E-state index contributed by atoms with van der Waals surface area (Å²) in [4.78, 5) is 27.5. The Bertz CT molecular complexity index is 913. The van der Waals surface area contributed by atoms with Crippen molar-refractivity contribution >= 4 is 23.2 Å². The third-order valence-corrected chi connectivity index (χ3v) is 5.09.